The van der Waals surface area contributed by atoms with E-state index in [1.54, 1.807) is 48.4 Å². The number of methoxy groups -OCH3 is 1. The van der Waals surface area contributed by atoms with Crippen LogP contribution < -0.4 is 4.90 Å². The van der Waals surface area contributed by atoms with E-state index in [2.05, 4.69) is 9.83 Å². The molecule has 3 rings (SSSR count). The Bertz CT molecular complexity index is 941. The smallest absolute Gasteiger partial charge is 0.274 e. The van der Waals surface area contributed by atoms with Gasteiger partial charge in [0, 0.05) is 30.2 Å². The highest BCUT2D eigenvalue weighted by molar-refractivity contribution is 6.07. The van der Waals surface area contributed by atoms with Gasteiger partial charge in [0.15, 0.2) is 5.69 Å². The molecule has 0 saturated heterocycles. The number of hydrogen-bond donors (Lipinski definition) is 1. The molecule has 0 fully saturated rings. The van der Waals surface area contributed by atoms with E-state index in [0.29, 0.717) is 35.7 Å². The number of nitrogens with zero attached hydrogens (tertiary/aromatic N) is 2. The first kappa shape index (κ1) is 16.7. The number of amides is 1. The van der Waals surface area contributed by atoms with Gasteiger partial charge in [0.25, 0.3) is 5.91 Å². The third kappa shape index (κ3) is 3.52. The number of H-pyrrole nitrogens is 1. The Hall–Kier alpha value is -3.17. The minimum atomic E-state index is -0.362. The Morgan fingerprint density at radius 2 is 2.00 bits per heavy atom. The first-order valence-corrected chi connectivity index (χ1v) is 7.69. The number of fused-ring (bicyclic) bond motifs is 1. The average molecular weight is 337 g/mol. The van der Waals surface area contributed by atoms with E-state index in [0.717, 1.165) is 5.39 Å². The molecule has 3 aromatic rings. The third-order valence-corrected chi connectivity index (χ3v) is 3.87. The number of hydrogen-bond acceptors (Lipinski definition) is 2. The summed E-state index contributed by atoms with van der Waals surface area (Å²) in [4.78, 5) is 20.8. The second kappa shape index (κ2) is 7.16. The molecule has 1 N–H and O–H groups in total. The summed E-state index contributed by atoms with van der Waals surface area (Å²) in [6.45, 7) is 7.74. The van der Waals surface area contributed by atoms with Crippen molar-refractivity contribution in [3.05, 3.63) is 71.5 Å². The van der Waals surface area contributed by atoms with Crippen molar-refractivity contribution in [1.82, 2.24) is 4.98 Å². The number of halogens is 1. The van der Waals surface area contributed by atoms with Gasteiger partial charge in [-0.2, -0.15) is 0 Å². The van der Waals surface area contributed by atoms with Crippen LogP contribution in [0.2, 0.25) is 0 Å². The van der Waals surface area contributed by atoms with Gasteiger partial charge in [-0.3, -0.25) is 4.79 Å². The number of carbonyl (C=O) groups excluding carboxylic acids is 1. The molecule has 1 amide bonds. The van der Waals surface area contributed by atoms with Crippen LogP contribution in [0.3, 0.4) is 0 Å². The van der Waals surface area contributed by atoms with Crippen molar-refractivity contribution in [3.63, 3.8) is 0 Å². The van der Waals surface area contributed by atoms with E-state index in [1.807, 2.05) is 0 Å². The molecule has 2 aromatic carbocycles. The molecule has 0 saturated carbocycles. The number of anilines is 1. The number of ether oxygens (including phenoxy) is 1. The summed E-state index contributed by atoms with van der Waals surface area (Å²) in [7, 11) is 1.57. The van der Waals surface area contributed by atoms with Gasteiger partial charge in [-0.1, -0.05) is 12.1 Å². The van der Waals surface area contributed by atoms with E-state index in [9.17, 15) is 9.18 Å². The second-order valence-electron chi connectivity index (χ2n) is 5.49. The fourth-order valence-corrected chi connectivity index (χ4v) is 2.60. The Labute approximate surface area is 144 Å². The fourth-order valence-electron chi connectivity index (χ4n) is 2.60. The molecule has 126 valence electrons. The molecule has 1 heterocycles. The van der Waals surface area contributed by atoms with Crippen LogP contribution in [-0.4, -0.2) is 31.2 Å². The van der Waals surface area contributed by atoms with Crippen LogP contribution in [0.15, 0.2) is 48.5 Å². The second-order valence-corrected chi connectivity index (χ2v) is 5.49. The number of benzene rings is 2. The molecule has 0 aliphatic carbocycles. The molecule has 0 unspecified atom stereocenters. The summed E-state index contributed by atoms with van der Waals surface area (Å²) in [5, 5.41) is 0.764. The topological polar surface area (TPSA) is 49.7 Å². The van der Waals surface area contributed by atoms with E-state index >= 15 is 0 Å². The van der Waals surface area contributed by atoms with Gasteiger partial charge >= 0.3 is 0 Å². The van der Waals surface area contributed by atoms with Gasteiger partial charge in [-0.25, -0.2) is 9.24 Å². The molecule has 5 nitrogen and oxygen atoms in total. The summed E-state index contributed by atoms with van der Waals surface area (Å²) in [5.74, 6) is -0.608. The fraction of sp³-hybridized carbons (Fsp3) is 0.158. The van der Waals surface area contributed by atoms with Gasteiger partial charge in [-0.15, -0.1) is 0 Å². The third-order valence-electron chi connectivity index (χ3n) is 3.87. The molecule has 0 aliphatic heterocycles. The lowest BCUT2D eigenvalue weighted by atomic mass is 10.2. The Balaban J connectivity index is 1.95. The molecule has 0 atom stereocenters. The van der Waals surface area contributed by atoms with E-state index in [-0.39, 0.29) is 11.7 Å². The summed E-state index contributed by atoms with van der Waals surface area (Å²) < 4.78 is 18.4. The predicted molar refractivity (Wildman–Crippen MR) is 94.5 cm³/mol. The summed E-state index contributed by atoms with van der Waals surface area (Å²) in [6.07, 6.45) is 0. The lowest BCUT2D eigenvalue weighted by molar-refractivity contribution is 0.0972. The molecule has 25 heavy (non-hydrogen) atoms. The van der Waals surface area contributed by atoms with Crippen molar-refractivity contribution in [2.75, 3.05) is 25.2 Å². The average Bonchev–Trinajstić information content (AvgIpc) is 3.05. The Kier molecular flexibility index (Phi) is 4.78. The van der Waals surface area contributed by atoms with Crippen molar-refractivity contribution < 1.29 is 13.9 Å². The lowest BCUT2D eigenvalue weighted by Gasteiger charge is -2.22. The van der Waals surface area contributed by atoms with Gasteiger partial charge < -0.3 is 14.6 Å². The molecule has 6 heteroatoms. The van der Waals surface area contributed by atoms with Crippen molar-refractivity contribution in [2.45, 2.75) is 0 Å². The molecule has 0 aliphatic rings. The quantitative estimate of drug-likeness (QED) is 0.711. The minimum absolute atomic E-state index is 0.246. The van der Waals surface area contributed by atoms with Gasteiger partial charge in [-0.05, 0) is 36.4 Å². The molecule has 0 spiro atoms. The van der Waals surface area contributed by atoms with Crippen LogP contribution >= 0.6 is 0 Å². The van der Waals surface area contributed by atoms with E-state index < -0.39 is 0 Å². The Morgan fingerprint density at radius 3 is 2.68 bits per heavy atom. The SMILES string of the molecule is [C-]#[N+]c1ccc(N(CCOC)C(=O)c2cc3ccc(F)cc3[nH]2)cc1. The lowest BCUT2D eigenvalue weighted by Crippen LogP contribution is -2.34. The number of rotatable bonds is 5. The highest BCUT2D eigenvalue weighted by Crippen LogP contribution is 2.23. The van der Waals surface area contributed by atoms with Crippen LogP contribution in [-0.2, 0) is 4.74 Å². The summed E-state index contributed by atoms with van der Waals surface area (Å²) >= 11 is 0. The number of aromatic amines is 1. The summed E-state index contributed by atoms with van der Waals surface area (Å²) in [6, 6.07) is 12.8. The largest absolute Gasteiger partial charge is 0.383 e. The van der Waals surface area contributed by atoms with Gasteiger partial charge in [0.05, 0.1) is 13.2 Å². The van der Waals surface area contributed by atoms with Gasteiger partial charge in [0.1, 0.15) is 11.5 Å². The highest BCUT2D eigenvalue weighted by atomic mass is 19.1. The monoisotopic (exact) mass is 337 g/mol. The van der Waals surface area contributed by atoms with Crippen molar-refractivity contribution >= 4 is 28.2 Å². The maximum absolute atomic E-state index is 13.4. The number of aromatic nitrogens is 1. The van der Waals surface area contributed by atoms with Crippen LogP contribution in [0.5, 0.6) is 0 Å². The molecule has 1 aromatic heterocycles. The maximum Gasteiger partial charge on any atom is 0.274 e. The normalized spacial score (nSPS) is 10.6. The maximum atomic E-state index is 13.4. The molecule has 0 bridgehead atoms. The molecular weight excluding hydrogens is 321 g/mol. The van der Waals surface area contributed by atoms with Crippen molar-refractivity contribution in [2.24, 2.45) is 0 Å². The van der Waals surface area contributed by atoms with Crippen LogP contribution in [0.4, 0.5) is 15.8 Å². The zero-order valence-corrected chi connectivity index (χ0v) is 13.6. The van der Waals surface area contributed by atoms with Crippen LogP contribution in [0, 0.1) is 12.4 Å². The van der Waals surface area contributed by atoms with Gasteiger partial charge in [0.2, 0.25) is 0 Å². The first-order valence-electron chi connectivity index (χ1n) is 7.69. The van der Waals surface area contributed by atoms with E-state index in [4.69, 9.17) is 11.3 Å². The predicted octanol–water partition coefficient (Wildman–Crippen LogP) is 4.15. The van der Waals surface area contributed by atoms with Crippen LogP contribution in [0.1, 0.15) is 10.5 Å². The Morgan fingerprint density at radius 1 is 1.24 bits per heavy atom. The van der Waals surface area contributed by atoms with Crippen LogP contribution in [0.25, 0.3) is 15.7 Å². The number of carbonyl (C=O) groups is 1. The molecule has 0 radical (unpaired) electrons. The highest BCUT2D eigenvalue weighted by Gasteiger charge is 2.19. The van der Waals surface area contributed by atoms with E-state index in [1.165, 1.54) is 12.1 Å². The standard InChI is InChI=1S/C19H16FN3O2/c1-21-15-5-7-16(8-6-15)23(9-10-25-2)19(24)18-11-13-3-4-14(20)12-17(13)22-18/h3-8,11-12,22H,9-10H2,2H3. The minimum Gasteiger partial charge on any atom is -0.383 e. The first-order chi connectivity index (χ1) is 12.1. The van der Waals surface area contributed by atoms with Crippen molar-refractivity contribution in [1.29, 1.82) is 0 Å². The molecular formula is C19H16FN3O2. The number of nitrogens with one attached hydrogen (secondary N) is 1. The zero-order valence-electron chi connectivity index (χ0n) is 13.6. The zero-order chi connectivity index (χ0) is 17.8. The summed E-state index contributed by atoms with van der Waals surface area (Å²) in [5.41, 5.74) is 2.10. The van der Waals surface area contributed by atoms with Crippen molar-refractivity contribution in [3.8, 4) is 0 Å².